The van der Waals surface area contributed by atoms with Crippen LogP contribution in [0.3, 0.4) is 0 Å². The lowest BCUT2D eigenvalue weighted by Crippen LogP contribution is -2.18. The summed E-state index contributed by atoms with van der Waals surface area (Å²) in [6, 6.07) is 7.17. The molecule has 0 amide bonds. The second-order valence-corrected chi connectivity index (χ2v) is 5.10. The smallest absolute Gasteiger partial charge is 0.0374 e. The molecule has 1 N–H and O–H groups in total. The van der Waals surface area contributed by atoms with Gasteiger partial charge in [0.1, 0.15) is 0 Å². The van der Waals surface area contributed by atoms with E-state index < -0.39 is 0 Å². The van der Waals surface area contributed by atoms with Gasteiger partial charge >= 0.3 is 0 Å². The second kappa shape index (κ2) is 4.26. The lowest BCUT2D eigenvalue weighted by Gasteiger charge is -2.16. The Bertz CT molecular complexity index is 316. The first kappa shape index (κ1) is 9.91. The zero-order chi connectivity index (χ0) is 9.97. The van der Waals surface area contributed by atoms with Gasteiger partial charge in [0.2, 0.25) is 0 Å². The first-order valence-corrected chi connectivity index (χ1v) is 6.33. The summed E-state index contributed by atoms with van der Waals surface area (Å²) >= 11 is 2.05. The molecule has 0 aliphatic carbocycles. The summed E-state index contributed by atoms with van der Waals surface area (Å²) in [5, 5.41) is 3.63. The molecule has 0 saturated carbocycles. The van der Waals surface area contributed by atoms with Gasteiger partial charge in [0.05, 0.1) is 0 Å². The predicted molar refractivity (Wildman–Crippen MR) is 65.3 cm³/mol. The van der Waals surface area contributed by atoms with Crippen molar-refractivity contribution in [1.29, 1.82) is 0 Å². The summed E-state index contributed by atoms with van der Waals surface area (Å²) in [4.78, 5) is 0. The summed E-state index contributed by atoms with van der Waals surface area (Å²) in [6.45, 7) is 4.36. The van der Waals surface area contributed by atoms with Crippen molar-refractivity contribution in [3.8, 4) is 0 Å². The highest BCUT2D eigenvalue weighted by atomic mass is 32.2. The molecular formula is C12H17NS. The molecule has 0 spiro atoms. The topological polar surface area (TPSA) is 12.0 Å². The predicted octanol–water partition coefficient (Wildman–Crippen LogP) is 3.22. The number of nitrogens with one attached hydrogen (secondary N) is 1. The molecule has 2 rings (SSSR count). The fourth-order valence-electron chi connectivity index (χ4n) is 1.78. The van der Waals surface area contributed by atoms with Crippen LogP contribution in [0.1, 0.15) is 17.5 Å². The summed E-state index contributed by atoms with van der Waals surface area (Å²) in [6.07, 6.45) is 1.30. The molecule has 1 aromatic rings. The molecule has 1 fully saturated rings. The van der Waals surface area contributed by atoms with Crippen LogP contribution in [-0.4, -0.2) is 17.5 Å². The average molecular weight is 207 g/mol. The van der Waals surface area contributed by atoms with Gasteiger partial charge in [0, 0.05) is 17.5 Å². The SMILES string of the molecule is Cc1cccc(N[C@@H]2CCSC2)c1C. The molecule has 14 heavy (non-hydrogen) atoms. The largest absolute Gasteiger partial charge is 0.381 e. The zero-order valence-electron chi connectivity index (χ0n) is 8.84. The highest BCUT2D eigenvalue weighted by Crippen LogP contribution is 2.24. The number of rotatable bonds is 2. The quantitative estimate of drug-likeness (QED) is 0.799. The van der Waals surface area contributed by atoms with Crippen LogP contribution >= 0.6 is 11.8 Å². The van der Waals surface area contributed by atoms with Crippen molar-refractivity contribution < 1.29 is 0 Å². The molecular weight excluding hydrogens is 190 g/mol. The van der Waals surface area contributed by atoms with E-state index in [4.69, 9.17) is 0 Å². The molecule has 1 aliphatic heterocycles. The molecule has 1 aromatic carbocycles. The Morgan fingerprint density at radius 1 is 1.36 bits per heavy atom. The molecule has 0 radical (unpaired) electrons. The van der Waals surface area contributed by atoms with Crippen LogP contribution in [0.5, 0.6) is 0 Å². The van der Waals surface area contributed by atoms with E-state index in [1.807, 2.05) is 11.8 Å². The minimum absolute atomic E-state index is 0.681. The Balaban J connectivity index is 2.11. The molecule has 0 unspecified atom stereocenters. The molecule has 0 aromatic heterocycles. The summed E-state index contributed by atoms with van der Waals surface area (Å²) in [5.74, 6) is 2.57. The van der Waals surface area contributed by atoms with Crippen molar-refractivity contribution in [2.75, 3.05) is 16.8 Å². The summed E-state index contributed by atoms with van der Waals surface area (Å²) in [5.41, 5.74) is 4.09. The van der Waals surface area contributed by atoms with E-state index in [2.05, 4.69) is 37.4 Å². The maximum atomic E-state index is 3.63. The van der Waals surface area contributed by atoms with Crippen molar-refractivity contribution in [1.82, 2.24) is 0 Å². The van der Waals surface area contributed by atoms with Crippen LogP contribution in [0.25, 0.3) is 0 Å². The Kier molecular flexibility index (Phi) is 3.02. The minimum Gasteiger partial charge on any atom is -0.381 e. The van der Waals surface area contributed by atoms with Gasteiger partial charge in [-0.3, -0.25) is 0 Å². The molecule has 76 valence electrons. The highest BCUT2D eigenvalue weighted by molar-refractivity contribution is 7.99. The maximum Gasteiger partial charge on any atom is 0.0374 e. The third-order valence-electron chi connectivity index (χ3n) is 2.89. The fourth-order valence-corrected chi connectivity index (χ4v) is 2.93. The normalized spacial score (nSPS) is 21.1. The first-order valence-electron chi connectivity index (χ1n) is 5.18. The van der Waals surface area contributed by atoms with Crippen molar-refractivity contribution in [2.45, 2.75) is 26.3 Å². The van der Waals surface area contributed by atoms with E-state index in [-0.39, 0.29) is 0 Å². The first-order chi connectivity index (χ1) is 6.77. The average Bonchev–Trinajstić information content (AvgIpc) is 2.66. The third kappa shape index (κ3) is 2.06. The standard InChI is InChI=1S/C12H17NS/c1-9-4-3-5-12(10(9)2)13-11-6-7-14-8-11/h3-5,11,13H,6-8H2,1-2H3/t11-/m1/s1. The molecule has 1 atom stereocenters. The molecule has 1 aliphatic rings. The van der Waals surface area contributed by atoms with Crippen LogP contribution < -0.4 is 5.32 Å². The molecule has 1 saturated heterocycles. The molecule has 0 bridgehead atoms. The van der Waals surface area contributed by atoms with E-state index in [0.717, 1.165) is 0 Å². The van der Waals surface area contributed by atoms with Gasteiger partial charge in [-0.1, -0.05) is 12.1 Å². The third-order valence-corrected chi connectivity index (χ3v) is 4.06. The van der Waals surface area contributed by atoms with Gasteiger partial charge in [-0.15, -0.1) is 0 Å². The molecule has 1 nitrogen and oxygen atoms in total. The number of anilines is 1. The van der Waals surface area contributed by atoms with Crippen molar-refractivity contribution in [3.05, 3.63) is 29.3 Å². The van der Waals surface area contributed by atoms with Crippen LogP contribution in [0.2, 0.25) is 0 Å². The number of benzene rings is 1. The minimum atomic E-state index is 0.681. The van der Waals surface area contributed by atoms with Gasteiger partial charge in [0.25, 0.3) is 0 Å². The number of aryl methyl sites for hydroxylation is 1. The fraction of sp³-hybridized carbons (Fsp3) is 0.500. The summed E-state index contributed by atoms with van der Waals surface area (Å²) < 4.78 is 0. The van der Waals surface area contributed by atoms with E-state index in [1.165, 1.54) is 34.7 Å². The Morgan fingerprint density at radius 2 is 2.21 bits per heavy atom. The van der Waals surface area contributed by atoms with Gasteiger partial charge in [-0.25, -0.2) is 0 Å². The highest BCUT2D eigenvalue weighted by Gasteiger charge is 2.15. The summed E-state index contributed by atoms with van der Waals surface area (Å²) in [7, 11) is 0. The maximum absolute atomic E-state index is 3.63. The number of hydrogen-bond acceptors (Lipinski definition) is 2. The van der Waals surface area contributed by atoms with Gasteiger partial charge in [-0.2, -0.15) is 11.8 Å². The second-order valence-electron chi connectivity index (χ2n) is 3.95. The monoisotopic (exact) mass is 207 g/mol. The number of hydrogen-bond donors (Lipinski definition) is 1. The van der Waals surface area contributed by atoms with Crippen molar-refractivity contribution >= 4 is 17.4 Å². The van der Waals surface area contributed by atoms with Crippen molar-refractivity contribution in [2.24, 2.45) is 0 Å². The van der Waals surface area contributed by atoms with Crippen LogP contribution in [0.4, 0.5) is 5.69 Å². The van der Waals surface area contributed by atoms with Crippen LogP contribution in [0.15, 0.2) is 18.2 Å². The Labute approximate surface area is 90.3 Å². The Hall–Kier alpha value is -0.630. The van der Waals surface area contributed by atoms with Gasteiger partial charge in [0.15, 0.2) is 0 Å². The van der Waals surface area contributed by atoms with E-state index in [9.17, 15) is 0 Å². The van der Waals surface area contributed by atoms with Gasteiger partial charge in [-0.05, 0) is 43.2 Å². The van der Waals surface area contributed by atoms with E-state index in [0.29, 0.717) is 6.04 Å². The zero-order valence-corrected chi connectivity index (χ0v) is 9.66. The lowest BCUT2D eigenvalue weighted by molar-refractivity contribution is 0.811. The van der Waals surface area contributed by atoms with Gasteiger partial charge < -0.3 is 5.32 Å². The molecule has 2 heteroatoms. The van der Waals surface area contributed by atoms with Crippen LogP contribution in [0, 0.1) is 13.8 Å². The van der Waals surface area contributed by atoms with E-state index >= 15 is 0 Å². The van der Waals surface area contributed by atoms with Crippen molar-refractivity contribution in [3.63, 3.8) is 0 Å². The lowest BCUT2D eigenvalue weighted by atomic mass is 10.1. The molecule has 1 heterocycles. The van der Waals surface area contributed by atoms with Crippen LogP contribution in [-0.2, 0) is 0 Å². The van der Waals surface area contributed by atoms with E-state index in [1.54, 1.807) is 0 Å². The Morgan fingerprint density at radius 3 is 2.93 bits per heavy atom. The number of thioether (sulfide) groups is 1.